The Morgan fingerprint density at radius 1 is 1.09 bits per heavy atom. The minimum absolute atomic E-state index is 0.155. The summed E-state index contributed by atoms with van der Waals surface area (Å²) in [6.07, 6.45) is -1.97. The molecule has 2 aromatic carbocycles. The molecule has 0 bridgehead atoms. The number of aromatic amines is 1. The topological polar surface area (TPSA) is 121 Å². The Kier molecular flexibility index (Phi) is 7.48. The number of carbonyl (C=O) groups is 1. The van der Waals surface area contributed by atoms with Crippen molar-refractivity contribution in [1.82, 2.24) is 24.7 Å². The van der Waals surface area contributed by atoms with Crippen molar-refractivity contribution in [1.29, 1.82) is 0 Å². The smallest absolute Gasteiger partial charge is 0.416 e. The summed E-state index contributed by atoms with van der Waals surface area (Å²) in [6.45, 7) is 1.67. The molecule has 10 nitrogen and oxygen atoms in total. The van der Waals surface area contributed by atoms with E-state index in [1.807, 2.05) is 24.3 Å². The van der Waals surface area contributed by atoms with Gasteiger partial charge >= 0.3 is 6.18 Å². The van der Waals surface area contributed by atoms with Gasteiger partial charge < -0.3 is 25.0 Å². The van der Waals surface area contributed by atoms with Crippen LogP contribution >= 0.6 is 0 Å². The molecule has 0 aliphatic carbocycles. The predicted octanol–water partition coefficient (Wildman–Crippen LogP) is 5.11. The van der Waals surface area contributed by atoms with Gasteiger partial charge in [-0.15, -0.1) is 0 Å². The Bertz CT molecular complexity index is 1740. The summed E-state index contributed by atoms with van der Waals surface area (Å²) < 4.78 is 46.7. The molecule has 43 heavy (non-hydrogen) atoms. The SMILES string of the molecule is COc1ccc(Cn2nc(NC(=O)c3ccc(N4CCC(O)CC4)nc3)cc2-c2nc3cc(C(F)(F)F)ccc3[nH]2)cc1. The average molecular weight is 592 g/mol. The van der Waals surface area contributed by atoms with Crippen LogP contribution in [-0.4, -0.2) is 62.0 Å². The zero-order valence-corrected chi connectivity index (χ0v) is 23.1. The molecular formula is C30H28F3N7O3. The zero-order valence-electron chi connectivity index (χ0n) is 23.1. The van der Waals surface area contributed by atoms with Crippen LogP contribution in [0, 0.1) is 0 Å². The van der Waals surface area contributed by atoms with Crippen molar-refractivity contribution in [3.8, 4) is 17.3 Å². The van der Waals surface area contributed by atoms with Crippen molar-refractivity contribution in [3.05, 3.63) is 83.6 Å². The van der Waals surface area contributed by atoms with E-state index >= 15 is 0 Å². The van der Waals surface area contributed by atoms with Gasteiger partial charge in [-0.05, 0) is 60.9 Å². The first kappa shape index (κ1) is 28.2. The summed E-state index contributed by atoms with van der Waals surface area (Å²) in [4.78, 5) is 27.1. The third kappa shape index (κ3) is 6.16. The number of fused-ring (bicyclic) bond motifs is 1. The van der Waals surface area contributed by atoms with E-state index in [-0.39, 0.29) is 17.4 Å². The lowest BCUT2D eigenvalue weighted by Crippen LogP contribution is -2.36. The van der Waals surface area contributed by atoms with Crippen LogP contribution in [0.3, 0.4) is 0 Å². The van der Waals surface area contributed by atoms with Crippen LogP contribution in [0.15, 0.2) is 66.9 Å². The van der Waals surface area contributed by atoms with Crippen LogP contribution in [0.1, 0.15) is 34.3 Å². The van der Waals surface area contributed by atoms with E-state index in [9.17, 15) is 23.1 Å². The number of piperidine rings is 1. The number of alkyl halides is 3. The number of carbonyl (C=O) groups excluding carboxylic acids is 1. The van der Waals surface area contributed by atoms with Crippen molar-refractivity contribution in [2.75, 3.05) is 30.4 Å². The molecule has 0 unspecified atom stereocenters. The lowest BCUT2D eigenvalue weighted by molar-refractivity contribution is -0.137. The Labute approximate surface area is 244 Å². The van der Waals surface area contributed by atoms with Crippen molar-refractivity contribution >= 4 is 28.6 Å². The van der Waals surface area contributed by atoms with E-state index in [1.165, 1.54) is 12.3 Å². The highest BCUT2D eigenvalue weighted by Crippen LogP contribution is 2.32. The molecule has 222 valence electrons. The minimum Gasteiger partial charge on any atom is -0.497 e. The molecule has 1 amide bonds. The van der Waals surface area contributed by atoms with E-state index < -0.39 is 17.6 Å². The number of aliphatic hydroxyl groups is 1. The molecule has 1 aliphatic heterocycles. The maximum Gasteiger partial charge on any atom is 0.416 e. The van der Waals surface area contributed by atoms with Crippen molar-refractivity contribution in [2.45, 2.75) is 31.7 Å². The summed E-state index contributed by atoms with van der Waals surface area (Å²) in [6, 6.07) is 15.7. The lowest BCUT2D eigenvalue weighted by atomic mass is 10.1. The second-order valence-corrected chi connectivity index (χ2v) is 10.3. The van der Waals surface area contributed by atoms with Gasteiger partial charge in [0, 0.05) is 25.4 Å². The number of nitrogens with one attached hydrogen (secondary N) is 2. The summed E-state index contributed by atoms with van der Waals surface area (Å²) >= 11 is 0. The fourth-order valence-electron chi connectivity index (χ4n) is 4.99. The Hall–Kier alpha value is -4.91. The molecule has 4 heterocycles. The normalized spacial score (nSPS) is 14.3. The highest BCUT2D eigenvalue weighted by molar-refractivity contribution is 6.03. The van der Waals surface area contributed by atoms with E-state index in [0.29, 0.717) is 60.8 Å². The molecule has 0 saturated carbocycles. The zero-order chi connectivity index (χ0) is 30.1. The number of imidazole rings is 1. The maximum atomic E-state index is 13.3. The molecule has 0 radical (unpaired) electrons. The number of anilines is 2. The Morgan fingerprint density at radius 2 is 1.86 bits per heavy atom. The molecule has 1 fully saturated rings. The van der Waals surface area contributed by atoms with E-state index in [4.69, 9.17) is 4.74 Å². The summed E-state index contributed by atoms with van der Waals surface area (Å²) in [5.74, 6) is 1.53. The molecule has 1 aliphatic rings. The van der Waals surface area contributed by atoms with Gasteiger partial charge in [0.1, 0.15) is 17.3 Å². The van der Waals surface area contributed by atoms with Crippen LogP contribution in [0.2, 0.25) is 0 Å². The van der Waals surface area contributed by atoms with Crippen LogP contribution in [0.5, 0.6) is 5.75 Å². The molecule has 6 rings (SSSR count). The summed E-state index contributed by atoms with van der Waals surface area (Å²) in [5, 5.41) is 17.1. The van der Waals surface area contributed by atoms with Gasteiger partial charge in [0.05, 0.1) is 41.9 Å². The fourth-order valence-corrected chi connectivity index (χ4v) is 4.99. The van der Waals surface area contributed by atoms with E-state index in [1.54, 1.807) is 30.0 Å². The van der Waals surface area contributed by atoms with Gasteiger partial charge in [0.2, 0.25) is 0 Å². The van der Waals surface area contributed by atoms with Gasteiger partial charge in [-0.25, -0.2) is 9.97 Å². The van der Waals surface area contributed by atoms with E-state index in [2.05, 4.69) is 30.3 Å². The number of hydrogen-bond donors (Lipinski definition) is 3. The maximum absolute atomic E-state index is 13.3. The number of amides is 1. The molecule has 1 saturated heterocycles. The number of ether oxygens (including phenoxy) is 1. The average Bonchev–Trinajstić information content (AvgIpc) is 3.60. The monoisotopic (exact) mass is 591 g/mol. The molecule has 3 N–H and O–H groups in total. The van der Waals surface area contributed by atoms with Crippen LogP contribution in [-0.2, 0) is 12.7 Å². The standard InChI is InChI=1S/C30H28F3N7O3/c1-43-22-6-2-18(3-7-22)17-40-25(28-35-23-8-5-20(30(31,32)33)14-24(23)36-28)15-26(38-40)37-29(42)19-4-9-27(34-16-19)39-12-10-21(41)11-13-39/h2-9,14-16,21,41H,10-13,17H2,1H3,(H,35,36)(H,37,38,42). The first-order valence-electron chi connectivity index (χ1n) is 13.6. The number of rotatable bonds is 7. The second kappa shape index (κ2) is 11.4. The number of halogens is 3. The van der Waals surface area contributed by atoms with Crippen LogP contribution in [0.25, 0.3) is 22.6 Å². The summed E-state index contributed by atoms with van der Waals surface area (Å²) in [7, 11) is 1.57. The highest BCUT2D eigenvalue weighted by Gasteiger charge is 2.31. The highest BCUT2D eigenvalue weighted by atomic mass is 19.4. The molecule has 5 aromatic rings. The number of hydrogen-bond acceptors (Lipinski definition) is 7. The lowest BCUT2D eigenvalue weighted by Gasteiger charge is -2.30. The van der Waals surface area contributed by atoms with Gasteiger partial charge in [-0.3, -0.25) is 9.48 Å². The Balaban J connectivity index is 1.28. The fraction of sp³-hybridized carbons (Fsp3) is 0.267. The number of nitrogens with zero attached hydrogens (tertiary/aromatic N) is 5. The van der Waals surface area contributed by atoms with Crippen molar-refractivity contribution in [2.24, 2.45) is 0 Å². The van der Waals surface area contributed by atoms with Gasteiger partial charge in [-0.1, -0.05) is 12.1 Å². The number of methoxy groups -OCH3 is 1. The molecule has 3 aromatic heterocycles. The van der Waals surface area contributed by atoms with Gasteiger partial charge in [-0.2, -0.15) is 18.3 Å². The van der Waals surface area contributed by atoms with Crippen LogP contribution < -0.4 is 15.0 Å². The van der Waals surface area contributed by atoms with Crippen LogP contribution in [0.4, 0.5) is 24.8 Å². The molecule has 0 spiro atoms. The number of benzene rings is 2. The number of aromatic nitrogens is 5. The third-order valence-corrected chi connectivity index (χ3v) is 7.36. The Morgan fingerprint density at radius 3 is 2.53 bits per heavy atom. The van der Waals surface area contributed by atoms with Gasteiger partial charge in [0.25, 0.3) is 5.91 Å². The minimum atomic E-state index is -4.50. The first-order chi connectivity index (χ1) is 20.7. The number of pyridine rings is 1. The van der Waals surface area contributed by atoms with Crippen molar-refractivity contribution < 1.29 is 27.8 Å². The molecule has 0 atom stereocenters. The first-order valence-corrected chi connectivity index (χ1v) is 13.6. The van der Waals surface area contributed by atoms with Crippen molar-refractivity contribution in [3.63, 3.8) is 0 Å². The quantitative estimate of drug-likeness (QED) is 0.241. The van der Waals surface area contributed by atoms with E-state index in [0.717, 1.165) is 23.5 Å². The summed E-state index contributed by atoms with van der Waals surface area (Å²) in [5.41, 5.74) is 1.47. The van der Waals surface area contributed by atoms with Gasteiger partial charge in [0.15, 0.2) is 11.6 Å². The number of aliphatic hydroxyl groups excluding tert-OH is 1. The largest absolute Gasteiger partial charge is 0.497 e. The number of H-pyrrole nitrogens is 1. The third-order valence-electron chi connectivity index (χ3n) is 7.36. The second-order valence-electron chi connectivity index (χ2n) is 10.3. The molecular weight excluding hydrogens is 563 g/mol. The molecule has 13 heteroatoms. The predicted molar refractivity (Wildman–Crippen MR) is 154 cm³/mol.